The summed E-state index contributed by atoms with van der Waals surface area (Å²) in [6, 6.07) is 10.6. The summed E-state index contributed by atoms with van der Waals surface area (Å²) in [5.41, 5.74) is -0.0556. The van der Waals surface area contributed by atoms with Crippen LogP contribution in [-0.4, -0.2) is 90.1 Å². The van der Waals surface area contributed by atoms with Gasteiger partial charge in [-0.1, -0.05) is 29.8 Å². The third-order valence-electron chi connectivity index (χ3n) is 10.8. The summed E-state index contributed by atoms with van der Waals surface area (Å²) >= 11 is 6.37. The van der Waals surface area contributed by atoms with Crippen LogP contribution in [0.4, 0.5) is 5.69 Å². The highest BCUT2D eigenvalue weighted by Crippen LogP contribution is 2.47. The van der Waals surface area contributed by atoms with Crippen molar-refractivity contribution in [1.29, 1.82) is 0 Å². The van der Waals surface area contributed by atoms with E-state index in [1.165, 1.54) is 18.9 Å². The van der Waals surface area contributed by atoms with Crippen LogP contribution < -0.4 is 19.1 Å². The number of amides is 1. The van der Waals surface area contributed by atoms with Gasteiger partial charge in [-0.25, -0.2) is 13.1 Å². The van der Waals surface area contributed by atoms with Crippen LogP contribution in [0.3, 0.4) is 0 Å². The van der Waals surface area contributed by atoms with Crippen molar-refractivity contribution in [2.24, 2.45) is 11.8 Å². The number of halogens is 1. The predicted octanol–water partition coefficient (Wildman–Crippen LogP) is 4.94. The fraction of sp³-hybridized carbons (Fsp3) is 0.583. The monoisotopic (exact) mass is 699 g/mol. The molecule has 7 rings (SSSR count). The largest absolute Gasteiger partial charge is 0.493 e. The first kappa shape index (κ1) is 33.7. The molecule has 2 aromatic rings. The normalized spacial score (nSPS) is 30.5. The fourth-order valence-electron chi connectivity index (χ4n) is 7.77. The molecule has 1 saturated heterocycles. The molecule has 48 heavy (non-hydrogen) atoms. The number of carbonyl (C=O) groups excluding carboxylic acids is 1. The minimum Gasteiger partial charge on any atom is -0.493 e. The maximum atomic E-state index is 13.6. The Kier molecular flexibility index (Phi) is 9.45. The average molecular weight is 700 g/mol. The molecule has 1 amide bonds. The highest BCUT2D eigenvalue weighted by atomic mass is 35.5. The molecule has 10 nitrogen and oxygen atoms in total. The molecule has 4 aliphatic heterocycles. The van der Waals surface area contributed by atoms with Gasteiger partial charge in [0.2, 0.25) is 0 Å². The van der Waals surface area contributed by atoms with Crippen LogP contribution in [0, 0.1) is 11.8 Å². The van der Waals surface area contributed by atoms with Crippen LogP contribution in [0.2, 0.25) is 5.02 Å². The molecule has 1 spiro atoms. The molecule has 5 aliphatic rings. The minimum atomic E-state index is -4.20. The number of hydrogen-bond donors (Lipinski definition) is 1. The lowest BCUT2D eigenvalue weighted by atomic mass is 9.69. The molecular formula is C36H46ClN3O7S. The lowest BCUT2D eigenvalue weighted by molar-refractivity contribution is -0.139. The van der Waals surface area contributed by atoms with Crippen molar-refractivity contribution in [3.8, 4) is 11.5 Å². The SMILES string of the molecule is CC1(C)OC/C=C\[C@H](OCCN2CCCC2)[C@@H]2CC[C@H]2CN2C[C@@]3(CCOc4cc(Cl)ccc43)COc3ccc(cc32)S(=O)(=O)NC1=O. The number of benzene rings is 2. The zero-order valence-electron chi connectivity index (χ0n) is 27.8. The van der Waals surface area contributed by atoms with E-state index >= 15 is 0 Å². The molecule has 0 unspecified atom stereocenters. The van der Waals surface area contributed by atoms with Gasteiger partial charge >= 0.3 is 0 Å². The van der Waals surface area contributed by atoms with E-state index in [4.69, 9.17) is 30.5 Å². The second-order valence-corrected chi connectivity index (χ2v) is 16.5. The van der Waals surface area contributed by atoms with Gasteiger partial charge in [0.05, 0.1) is 48.5 Å². The van der Waals surface area contributed by atoms with Crippen LogP contribution in [0.15, 0.2) is 53.4 Å². The smallest absolute Gasteiger partial charge is 0.265 e. The molecular weight excluding hydrogens is 654 g/mol. The third kappa shape index (κ3) is 6.81. The number of hydrogen-bond acceptors (Lipinski definition) is 9. The molecule has 12 heteroatoms. The van der Waals surface area contributed by atoms with Crippen LogP contribution >= 0.6 is 11.6 Å². The van der Waals surface area contributed by atoms with Crippen LogP contribution in [0.5, 0.6) is 11.5 Å². The Bertz CT molecular complexity index is 1660. The molecule has 1 saturated carbocycles. The summed E-state index contributed by atoms with van der Waals surface area (Å²) in [6.45, 7) is 9.34. The van der Waals surface area contributed by atoms with Gasteiger partial charge in [0.25, 0.3) is 15.9 Å². The van der Waals surface area contributed by atoms with E-state index in [1.807, 2.05) is 24.3 Å². The number of rotatable bonds is 4. The number of sulfonamides is 1. The Morgan fingerprint density at radius 1 is 1.06 bits per heavy atom. The second-order valence-electron chi connectivity index (χ2n) is 14.4. The first-order valence-electron chi connectivity index (χ1n) is 17.2. The van der Waals surface area contributed by atoms with Crippen LogP contribution in [0.25, 0.3) is 0 Å². The van der Waals surface area contributed by atoms with Crippen molar-refractivity contribution in [2.45, 2.75) is 68.0 Å². The highest BCUT2D eigenvalue weighted by Gasteiger charge is 2.45. The number of anilines is 1. The van der Waals surface area contributed by atoms with Crippen molar-refractivity contribution in [3.63, 3.8) is 0 Å². The highest BCUT2D eigenvalue weighted by molar-refractivity contribution is 7.90. The van der Waals surface area contributed by atoms with Crippen molar-refractivity contribution in [1.82, 2.24) is 9.62 Å². The molecule has 4 atom stereocenters. The van der Waals surface area contributed by atoms with Gasteiger partial charge in [0.15, 0.2) is 0 Å². The fourth-order valence-corrected chi connectivity index (χ4v) is 9.05. The van der Waals surface area contributed by atoms with Gasteiger partial charge in [0.1, 0.15) is 17.1 Å². The number of nitrogens with zero attached hydrogens (tertiary/aromatic N) is 2. The van der Waals surface area contributed by atoms with Gasteiger partial charge in [-0.3, -0.25) is 4.79 Å². The van der Waals surface area contributed by atoms with Crippen molar-refractivity contribution >= 4 is 33.2 Å². The molecule has 1 aliphatic carbocycles. The van der Waals surface area contributed by atoms with Gasteiger partial charge in [-0.05, 0) is 101 Å². The minimum absolute atomic E-state index is 0.00520. The third-order valence-corrected chi connectivity index (χ3v) is 12.4. The summed E-state index contributed by atoms with van der Waals surface area (Å²) in [7, 11) is -4.20. The number of likely N-dealkylation sites (tertiary alicyclic amines) is 1. The zero-order chi connectivity index (χ0) is 33.5. The van der Waals surface area contributed by atoms with E-state index in [1.54, 1.807) is 26.0 Å². The van der Waals surface area contributed by atoms with Gasteiger partial charge in [-0.15, -0.1) is 0 Å². The molecule has 260 valence electrons. The van der Waals surface area contributed by atoms with E-state index in [9.17, 15) is 13.2 Å². The van der Waals surface area contributed by atoms with Gasteiger partial charge in [-0.2, -0.15) is 0 Å². The Morgan fingerprint density at radius 3 is 2.69 bits per heavy atom. The molecule has 2 aromatic carbocycles. The number of carbonyl (C=O) groups is 1. The lowest BCUT2D eigenvalue weighted by Crippen LogP contribution is -2.50. The number of ether oxygens (including phenoxy) is 4. The molecule has 2 bridgehead atoms. The average Bonchev–Trinajstić information content (AvgIpc) is 3.51. The predicted molar refractivity (Wildman–Crippen MR) is 184 cm³/mol. The Labute approximate surface area is 288 Å². The molecule has 1 N–H and O–H groups in total. The topological polar surface area (TPSA) is 107 Å². The van der Waals surface area contributed by atoms with Crippen LogP contribution in [0.1, 0.15) is 51.5 Å². The van der Waals surface area contributed by atoms with Gasteiger partial charge < -0.3 is 28.7 Å². The van der Waals surface area contributed by atoms with E-state index < -0.39 is 26.9 Å². The number of fused-ring (bicyclic) bond motifs is 4. The van der Waals surface area contributed by atoms with Crippen molar-refractivity contribution < 1.29 is 32.2 Å². The van der Waals surface area contributed by atoms with Crippen molar-refractivity contribution in [2.75, 3.05) is 64.1 Å². The molecule has 0 aromatic heterocycles. The maximum Gasteiger partial charge on any atom is 0.265 e. The first-order chi connectivity index (χ1) is 23.0. The summed E-state index contributed by atoms with van der Waals surface area (Å²) in [5.74, 6) is 1.22. The standard InChI is InChI=1S/C36H46ClN3O7S/c1-35(2)34(41)38-48(42,43)27-9-12-32-30(21-27)40(23-36(24-46-32)13-18-44-33-20-26(37)8-11-29(33)36)22-25-7-10-28(25)31(6-5-17-47-35)45-19-16-39-14-3-4-15-39/h5-6,8-9,11-12,20-21,25,28,31H,3-4,7,10,13-19,22-24H2,1-2H3,(H,38,41)/b6-5-/t25-,28+,31-,36-/m0/s1. The first-order valence-corrected chi connectivity index (χ1v) is 19.1. The Balaban J connectivity index is 1.25. The van der Waals surface area contributed by atoms with E-state index in [0.29, 0.717) is 55.3 Å². The van der Waals surface area contributed by atoms with E-state index in [2.05, 4.69) is 20.6 Å². The van der Waals surface area contributed by atoms with Gasteiger partial charge in [0, 0.05) is 30.2 Å². The van der Waals surface area contributed by atoms with Crippen molar-refractivity contribution in [3.05, 3.63) is 59.1 Å². The summed E-state index contributed by atoms with van der Waals surface area (Å²) in [4.78, 5) is 18.0. The van der Waals surface area contributed by atoms with Crippen LogP contribution in [-0.2, 0) is 29.7 Å². The lowest BCUT2D eigenvalue weighted by Gasteiger charge is -2.46. The molecule has 2 fully saturated rings. The Hall–Kier alpha value is -2.83. The molecule has 0 radical (unpaired) electrons. The quantitative estimate of drug-likeness (QED) is 0.445. The summed E-state index contributed by atoms with van der Waals surface area (Å²) < 4.78 is 54.6. The number of nitrogens with one attached hydrogen (secondary N) is 1. The second kappa shape index (κ2) is 13.5. The zero-order valence-corrected chi connectivity index (χ0v) is 29.4. The van der Waals surface area contributed by atoms with E-state index in [0.717, 1.165) is 50.2 Å². The maximum absolute atomic E-state index is 13.6. The summed E-state index contributed by atoms with van der Waals surface area (Å²) in [6.07, 6.45) is 9.17. The molecule has 4 heterocycles. The van der Waals surface area contributed by atoms with E-state index in [-0.39, 0.29) is 23.5 Å². The Morgan fingerprint density at radius 2 is 1.90 bits per heavy atom. The summed E-state index contributed by atoms with van der Waals surface area (Å²) in [5, 5.41) is 0.611.